The molecule has 0 atom stereocenters. The minimum atomic E-state index is -3.92. The van der Waals surface area contributed by atoms with Crippen LogP contribution in [-0.2, 0) is 16.6 Å². The number of benzene rings is 2. The zero-order valence-electron chi connectivity index (χ0n) is 17.0. The molecule has 0 amide bonds. The van der Waals surface area contributed by atoms with Crippen LogP contribution in [0.25, 0.3) is 0 Å². The Labute approximate surface area is 185 Å². The lowest BCUT2D eigenvalue weighted by atomic mass is 10.1. The maximum Gasteiger partial charge on any atom is 0.263 e. The van der Waals surface area contributed by atoms with Crippen LogP contribution in [0.4, 0.5) is 11.5 Å². The molecule has 0 radical (unpaired) electrons. The van der Waals surface area contributed by atoms with E-state index in [9.17, 15) is 8.42 Å². The molecule has 0 bridgehead atoms. The normalized spacial score (nSPS) is 13.3. The third-order valence-electron chi connectivity index (χ3n) is 4.93. The number of nitrogens with one attached hydrogen (secondary N) is 1. The van der Waals surface area contributed by atoms with Gasteiger partial charge in [-0.1, -0.05) is 23.7 Å². The molecule has 4 rings (SSSR count). The van der Waals surface area contributed by atoms with Crippen molar-refractivity contribution in [3.63, 3.8) is 0 Å². The van der Waals surface area contributed by atoms with Crippen molar-refractivity contribution in [2.75, 3.05) is 29.8 Å². The van der Waals surface area contributed by atoms with Crippen LogP contribution < -0.4 is 19.1 Å². The molecule has 8 nitrogen and oxygen atoms in total. The van der Waals surface area contributed by atoms with E-state index in [1.807, 2.05) is 25.2 Å². The molecule has 2 aromatic carbocycles. The van der Waals surface area contributed by atoms with Gasteiger partial charge in [-0.2, -0.15) is 0 Å². The molecular formula is C21H21ClN4O4S. The molecule has 3 aromatic rings. The van der Waals surface area contributed by atoms with Crippen molar-refractivity contribution < 1.29 is 17.9 Å². The molecule has 0 aliphatic carbocycles. The Morgan fingerprint density at radius 1 is 1.29 bits per heavy atom. The van der Waals surface area contributed by atoms with E-state index in [-0.39, 0.29) is 23.1 Å². The lowest BCUT2D eigenvalue weighted by molar-refractivity contribution is 0.301. The monoisotopic (exact) mass is 460 g/mol. The van der Waals surface area contributed by atoms with Crippen molar-refractivity contribution in [2.24, 2.45) is 0 Å². The molecule has 10 heteroatoms. The highest BCUT2D eigenvalue weighted by Gasteiger charge is 2.21. The van der Waals surface area contributed by atoms with Gasteiger partial charge in [-0.15, -0.1) is 0 Å². The summed E-state index contributed by atoms with van der Waals surface area (Å²) in [6.07, 6.45) is 2.67. The predicted molar refractivity (Wildman–Crippen MR) is 119 cm³/mol. The van der Waals surface area contributed by atoms with Crippen LogP contribution in [-0.4, -0.2) is 38.6 Å². The Hall–Kier alpha value is -3.04. The largest absolute Gasteiger partial charge is 0.490 e. The number of nitrogens with zero attached hydrogens (tertiary/aromatic N) is 3. The van der Waals surface area contributed by atoms with E-state index in [4.69, 9.17) is 21.1 Å². The van der Waals surface area contributed by atoms with E-state index in [1.54, 1.807) is 19.1 Å². The summed E-state index contributed by atoms with van der Waals surface area (Å²) < 4.78 is 39.8. The van der Waals surface area contributed by atoms with E-state index in [2.05, 4.69) is 19.6 Å². The highest BCUT2D eigenvalue weighted by atomic mass is 35.5. The summed E-state index contributed by atoms with van der Waals surface area (Å²) in [6.45, 7) is 3.31. The number of aromatic nitrogens is 2. The number of sulfonamides is 1. The van der Waals surface area contributed by atoms with Gasteiger partial charge in [0.05, 0.1) is 23.3 Å². The maximum absolute atomic E-state index is 12.9. The average molecular weight is 461 g/mol. The summed E-state index contributed by atoms with van der Waals surface area (Å²) in [6, 6.07) is 10.5. The van der Waals surface area contributed by atoms with Crippen molar-refractivity contribution in [3.8, 4) is 11.5 Å². The van der Waals surface area contributed by atoms with Crippen molar-refractivity contribution >= 4 is 33.1 Å². The van der Waals surface area contributed by atoms with Gasteiger partial charge < -0.3 is 14.4 Å². The molecule has 0 spiro atoms. The number of halogens is 1. The summed E-state index contributed by atoms with van der Waals surface area (Å²) >= 11 is 6.08. The van der Waals surface area contributed by atoms with Crippen molar-refractivity contribution in [1.29, 1.82) is 0 Å². The molecular weight excluding hydrogens is 440 g/mol. The van der Waals surface area contributed by atoms with Gasteiger partial charge in [0.15, 0.2) is 11.6 Å². The van der Waals surface area contributed by atoms with Crippen LogP contribution in [0.5, 0.6) is 11.5 Å². The highest BCUT2D eigenvalue weighted by Crippen LogP contribution is 2.32. The number of hydrogen-bond donors (Lipinski definition) is 1. The highest BCUT2D eigenvalue weighted by molar-refractivity contribution is 7.92. The van der Waals surface area contributed by atoms with Gasteiger partial charge in [0.25, 0.3) is 10.0 Å². The second-order valence-electron chi connectivity index (χ2n) is 7.06. The molecule has 1 aromatic heterocycles. The number of anilines is 2. The van der Waals surface area contributed by atoms with Gasteiger partial charge in [-0.3, -0.25) is 4.72 Å². The van der Waals surface area contributed by atoms with Crippen LogP contribution in [0, 0.1) is 6.92 Å². The van der Waals surface area contributed by atoms with Gasteiger partial charge >= 0.3 is 0 Å². The van der Waals surface area contributed by atoms with E-state index < -0.39 is 10.0 Å². The first kappa shape index (κ1) is 21.2. The summed E-state index contributed by atoms with van der Waals surface area (Å²) in [4.78, 5) is 10.2. The zero-order valence-corrected chi connectivity index (χ0v) is 18.6. The van der Waals surface area contributed by atoms with Crippen LogP contribution in [0.15, 0.2) is 53.8 Å². The van der Waals surface area contributed by atoms with Gasteiger partial charge in [0, 0.05) is 12.1 Å². The fourth-order valence-electron chi connectivity index (χ4n) is 3.21. The van der Waals surface area contributed by atoms with E-state index >= 15 is 0 Å². The Balaban J connectivity index is 1.54. The fourth-order valence-corrected chi connectivity index (χ4v) is 4.73. The lowest BCUT2D eigenvalue weighted by Gasteiger charge is -2.28. The Morgan fingerprint density at radius 2 is 2.13 bits per heavy atom. The summed E-state index contributed by atoms with van der Waals surface area (Å²) in [7, 11) is -1.92. The SMILES string of the molecule is Cc1c(Cl)cccc1S(=O)(=O)Nc1ncncc1OCc1ccc2c(c1)N(C)CCO2. The van der Waals surface area contributed by atoms with E-state index in [0.717, 1.165) is 23.5 Å². The van der Waals surface area contributed by atoms with E-state index in [1.165, 1.54) is 18.6 Å². The summed E-state index contributed by atoms with van der Waals surface area (Å²) in [5.41, 5.74) is 2.34. The first-order chi connectivity index (χ1) is 14.8. The molecule has 0 unspecified atom stereocenters. The molecule has 2 heterocycles. The van der Waals surface area contributed by atoms with E-state index in [0.29, 0.717) is 17.2 Å². The van der Waals surface area contributed by atoms with Crippen molar-refractivity contribution in [3.05, 3.63) is 65.1 Å². The van der Waals surface area contributed by atoms with Crippen LogP contribution in [0.2, 0.25) is 5.02 Å². The van der Waals surface area contributed by atoms with Crippen LogP contribution >= 0.6 is 11.6 Å². The first-order valence-corrected chi connectivity index (χ1v) is 11.4. The Kier molecular flexibility index (Phi) is 5.88. The molecule has 0 fully saturated rings. The Bertz CT molecular complexity index is 1220. The van der Waals surface area contributed by atoms with Crippen LogP contribution in [0.1, 0.15) is 11.1 Å². The number of fused-ring (bicyclic) bond motifs is 1. The molecule has 0 saturated heterocycles. The maximum atomic E-state index is 12.9. The van der Waals surface area contributed by atoms with Crippen molar-refractivity contribution in [2.45, 2.75) is 18.4 Å². The zero-order chi connectivity index (χ0) is 22.0. The topological polar surface area (TPSA) is 93.7 Å². The second-order valence-corrected chi connectivity index (χ2v) is 9.12. The standard InChI is InChI=1S/C21H21ClN4O4S/c1-14-16(22)4-3-5-20(14)31(27,28)25-21-19(11-23-13-24-21)30-12-15-6-7-18-17(10-15)26(2)8-9-29-18/h3-7,10-11,13H,8-9,12H2,1-2H3,(H,23,24,25). The molecule has 162 valence electrons. The summed E-state index contributed by atoms with van der Waals surface area (Å²) in [5, 5.41) is 0.364. The average Bonchev–Trinajstić information content (AvgIpc) is 2.75. The smallest absolute Gasteiger partial charge is 0.263 e. The van der Waals surface area contributed by atoms with Gasteiger partial charge in [-0.25, -0.2) is 18.4 Å². The number of likely N-dealkylation sites (N-methyl/N-ethyl adjacent to an activating group) is 1. The molecule has 1 aliphatic heterocycles. The first-order valence-electron chi connectivity index (χ1n) is 9.53. The fraction of sp³-hybridized carbons (Fsp3) is 0.238. The van der Waals surface area contributed by atoms with Crippen molar-refractivity contribution in [1.82, 2.24) is 9.97 Å². The third-order valence-corrected chi connectivity index (χ3v) is 6.82. The van der Waals surface area contributed by atoms with Crippen LogP contribution in [0.3, 0.4) is 0 Å². The summed E-state index contributed by atoms with van der Waals surface area (Å²) in [5.74, 6) is 1.09. The Morgan fingerprint density at radius 3 is 2.97 bits per heavy atom. The molecule has 1 aliphatic rings. The van der Waals surface area contributed by atoms with Gasteiger partial charge in [0.2, 0.25) is 0 Å². The molecule has 0 saturated carbocycles. The number of hydrogen-bond acceptors (Lipinski definition) is 7. The minimum Gasteiger partial charge on any atom is -0.490 e. The number of ether oxygens (including phenoxy) is 2. The minimum absolute atomic E-state index is 0.0489. The molecule has 1 N–H and O–H groups in total. The third kappa shape index (κ3) is 4.52. The quantitative estimate of drug-likeness (QED) is 0.600. The number of rotatable bonds is 6. The van der Waals surface area contributed by atoms with Gasteiger partial charge in [0.1, 0.15) is 25.3 Å². The molecule has 31 heavy (non-hydrogen) atoms. The van der Waals surface area contributed by atoms with Gasteiger partial charge in [-0.05, 0) is 42.3 Å². The second kappa shape index (κ2) is 8.60. The predicted octanol–water partition coefficient (Wildman–Crippen LogP) is 3.65. The lowest BCUT2D eigenvalue weighted by Crippen LogP contribution is -2.28.